The number of carbonyl (C=O) groups is 1. The van der Waals surface area contributed by atoms with Gasteiger partial charge in [0.05, 0.1) is 25.9 Å². The number of nitrogens with zero attached hydrogens (tertiary/aromatic N) is 2. The Balaban J connectivity index is 2.41. The summed E-state index contributed by atoms with van der Waals surface area (Å²) in [6.07, 6.45) is 1.31. The summed E-state index contributed by atoms with van der Waals surface area (Å²) in [4.78, 5) is 11.0. The van der Waals surface area contributed by atoms with E-state index in [9.17, 15) is 18.3 Å². The third-order valence-corrected chi connectivity index (χ3v) is 5.34. The standard InChI is InChI=1S/C12H18N2O6S/c1-2-13-6-10(5-11(13)12(16)17)21(18,19)14-3-4-20-8-9(14)7-15/h5-6,9,15H,2-4,7-8H2,1H3,(H,16,17). The smallest absolute Gasteiger partial charge is 0.352 e. The van der Waals surface area contributed by atoms with E-state index in [4.69, 9.17) is 9.84 Å². The lowest BCUT2D eigenvalue weighted by molar-refractivity contribution is 0.0109. The first kappa shape index (κ1) is 16.0. The molecule has 1 aliphatic heterocycles. The fourth-order valence-electron chi connectivity index (χ4n) is 2.30. The van der Waals surface area contributed by atoms with Crippen LogP contribution in [0, 0.1) is 0 Å². The van der Waals surface area contributed by atoms with Crippen LogP contribution in [0.1, 0.15) is 17.4 Å². The van der Waals surface area contributed by atoms with Crippen LogP contribution in [0.4, 0.5) is 0 Å². The number of aliphatic hydroxyl groups is 1. The number of carboxylic acids is 1. The van der Waals surface area contributed by atoms with Crippen molar-refractivity contribution in [2.24, 2.45) is 0 Å². The zero-order valence-corrected chi connectivity index (χ0v) is 12.4. The van der Waals surface area contributed by atoms with Crippen molar-refractivity contribution in [3.63, 3.8) is 0 Å². The highest BCUT2D eigenvalue weighted by molar-refractivity contribution is 7.89. The Morgan fingerprint density at radius 2 is 2.24 bits per heavy atom. The molecule has 1 unspecified atom stereocenters. The summed E-state index contributed by atoms with van der Waals surface area (Å²) in [5, 5.41) is 18.4. The summed E-state index contributed by atoms with van der Waals surface area (Å²) < 4.78 is 32.9. The SMILES string of the molecule is CCn1cc(S(=O)(=O)N2CCOCC2CO)cc1C(=O)O. The van der Waals surface area contributed by atoms with Gasteiger partial charge >= 0.3 is 5.97 Å². The predicted molar refractivity (Wildman–Crippen MR) is 72.6 cm³/mol. The summed E-state index contributed by atoms with van der Waals surface area (Å²) in [6, 6.07) is 0.493. The lowest BCUT2D eigenvalue weighted by Gasteiger charge is -2.33. The van der Waals surface area contributed by atoms with Crippen molar-refractivity contribution >= 4 is 16.0 Å². The summed E-state index contributed by atoms with van der Waals surface area (Å²) in [6.45, 7) is 2.23. The molecule has 1 aromatic rings. The maximum Gasteiger partial charge on any atom is 0.352 e. The predicted octanol–water partition coefficient (Wildman–Crippen LogP) is -0.412. The highest BCUT2D eigenvalue weighted by Gasteiger charge is 2.35. The normalized spacial score (nSPS) is 20.6. The molecule has 0 spiro atoms. The third kappa shape index (κ3) is 2.95. The first-order valence-corrected chi connectivity index (χ1v) is 7.99. The molecular weight excluding hydrogens is 300 g/mol. The number of aliphatic hydroxyl groups excluding tert-OH is 1. The average molecular weight is 318 g/mol. The minimum absolute atomic E-state index is 0.0788. The van der Waals surface area contributed by atoms with Crippen LogP contribution in [-0.2, 0) is 21.3 Å². The molecule has 21 heavy (non-hydrogen) atoms. The second-order valence-corrected chi connectivity index (χ2v) is 6.57. The first-order chi connectivity index (χ1) is 9.91. The maximum absolute atomic E-state index is 12.6. The van der Waals surface area contributed by atoms with Gasteiger partial charge in [-0.15, -0.1) is 0 Å². The Kier molecular flexibility index (Phi) is 4.67. The van der Waals surface area contributed by atoms with Gasteiger partial charge < -0.3 is 19.5 Å². The molecule has 2 rings (SSSR count). The molecule has 1 aromatic heterocycles. The van der Waals surface area contributed by atoms with Gasteiger partial charge in [0.15, 0.2) is 0 Å². The van der Waals surface area contributed by atoms with E-state index in [2.05, 4.69) is 0 Å². The van der Waals surface area contributed by atoms with Crippen molar-refractivity contribution in [3.8, 4) is 0 Å². The van der Waals surface area contributed by atoms with Crippen LogP contribution in [0.25, 0.3) is 0 Å². The van der Waals surface area contributed by atoms with E-state index in [1.165, 1.54) is 10.8 Å². The van der Waals surface area contributed by atoms with Crippen molar-refractivity contribution in [2.75, 3.05) is 26.4 Å². The number of rotatable bonds is 5. The minimum Gasteiger partial charge on any atom is -0.477 e. The molecule has 118 valence electrons. The number of aryl methyl sites for hydroxylation is 1. The van der Waals surface area contributed by atoms with Crippen LogP contribution < -0.4 is 0 Å². The van der Waals surface area contributed by atoms with E-state index in [0.717, 1.165) is 10.4 Å². The van der Waals surface area contributed by atoms with Gasteiger partial charge in [-0.1, -0.05) is 0 Å². The molecule has 1 saturated heterocycles. The molecule has 1 fully saturated rings. The summed E-state index contributed by atoms with van der Waals surface area (Å²) in [5.74, 6) is -1.18. The number of carboxylic acid groups (broad SMARTS) is 1. The number of hydrogen-bond acceptors (Lipinski definition) is 5. The number of hydrogen-bond donors (Lipinski definition) is 2. The number of aromatic nitrogens is 1. The average Bonchev–Trinajstić information content (AvgIpc) is 2.92. The molecule has 1 atom stereocenters. The zero-order chi connectivity index (χ0) is 15.6. The van der Waals surface area contributed by atoms with Crippen molar-refractivity contribution in [2.45, 2.75) is 24.4 Å². The van der Waals surface area contributed by atoms with E-state index in [0.29, 0.717) is 6.54 Å². The van der Waals surface area contributed by atoms with Crippen LogP contribution in [0.3, 0.4) is 0 Å². The van der Waals surface area contributed by atoms with Gasteiger partial charge in [0.25, 0.3) is 0 Å². The molecule has 9 heteroatoms. The molecule has 1 aliphatic rings. The molecule has 2 N–H and O–H groups in total. The molecule has 0 bridgehead atoms. The summed E-state index contributed by atoms with van der Waals surface area (Å²) >= 11 is 0. The minimum atomic E-state index is -3.86. The van der Waals surface area contributed by atoms with Gasteiger partial charge in [-0.25, -0.2) is 13.2 Å². The van der Waals surface area contributed by atoms with Crippen LogP contribution in [-0.4, -0.2) is 65.9 Å². The molecule has 0 amide bonds. The number of ether oxygens (including phenoxy) is 1. The van der Waals surface area contributed by atoms with Gasteiger partial charge in [0.1, 0.15) is 10.6 Å². The molecule has 0 aromatic carbocycles. The monoisotopic (exact) mass is 318 g/mol. The number of sulfonamides is 1. The number of morpholine rings is 1. The molecule has 8 nitrogen and oxygen atoms in total. The van der Waals surface area contributed by atoms with Crippen LogP contribution in [0.2, 0.25) is 0 Å². The molecule has 2 heterocycles. The van der Waals surface area contributed by atoms with Gasteiger partial charge in [0.2, 0.25) is 10.0 Å². The molecular formula is C12H18N2O6S. The first-order valence-electron chi connectivity index (χ1n) is 6.55. The Bertz CT molecular complexity index is 624. The van der Waals surface area contributed by atoms with Gasteiger partial charge in [0, 0.05) is 19.3 Å². The summed E-state index contributed by atoms with van der Waals surface area (Å²) in [7, 11) is -3.86. The Labute approximate surface area is 122 Å². The Morgan fingerprint density at radius 3 is 2.76 bits per heavy atom. The topological polar surface area (TPSA) is 109 Å². The van der Waals surface area contributed by atoms with Crippen molar-refractivity contribution in [1.29, 1.82) is 0 Å². The van der Waals surface area contributed by atoms with Crippen molar-refractivity contribution in [1.82, 2.24) is 8.87 Å². The highest BCUT2D eigenvalue weighted by atomic mass is 32.2. The third-order valence-electron chi connectivity index (χ3n) is 3.42. The summed E-state index contributed by atoms with van der Waals surface area (Å²) in [5.41, 5.74) is -0.0788. The van der Waals surface area contributed by atoms with E-state index < -0.39 is 22.0 Å². The molecule has 0 aliphatic carbocycles. The molecule has 0 radical (unpaired) electrons. The van der Waals surface area contributed by atoms with E-state index in [1.54, 1.807) is 6.92 Å². The lowest BCUT2D eigenvalue weighted by Crippen LogP contribution is -2.50. The van der Waals surface area contributed by atoms with Gasteiger partial charge in [-0.3, -0.25) is 0 Å². The van der Waals surface area contributed by atoms with E-state index >= 15 is 0 Å². The second kappa shape index (κ2) is 6.14. The molecule has 0 saturated carbocycles. The fraction of sp³-hybridized carbons (Fsp3) is 0.583. The fourth-order valence-corrected chi connectivity index (χ4v) is 3.93. The van der Waals surface area contributed by atoms with Crippen LogP contribution in [0.15, 0.2) is 17.2 Å². The van der Waals surface area contributed by atoms with Crippen molar-refractivity contribution in [3.05, 3.63) is 18.0 Å². The van der Waals surface area contributed by atoms with E-state index in [-0.39, 0.29) is 37.0 Å². The maximum atomic E-state index is 12.6. The Morgan fingerprint density at radius 1 is 1.52 bits per heavy atom. The van der Waals surface area contributed by atoms with Crippen LogP contribution >= 0.6 is 0 Å². The quantitative estimate of drug-likeness (QED) is 0.764. The lowest BCUT2D eigenvalue weighted by atomic mass is 10.3. The van der Waals surface area contributed by atoms with Gasteiger partial charge in [-0.05, 0) is 13.0 Å². The highest BCUT2D eigenvalue weighted by Crippen LogP contribution is 2.23. The van der Waals surface area contributed by atoms with E-state index in [1.807, 2.05) is 0 Å². The van der Waals surface area contributed by atoms with Crippen LogP contribution in [0.5, 0.6) is 0 Å². The van der Waals surface area contributed by atoms with Gasteiger partial charge in [-0.2, -0.15) is 4.31 Å². The number of aromatic carboxylic acids is 1. The Hall–Kier alpha value is -1.42. The second-order valence-electron chi connectivity index (χ2n) is 4.68. The largest absolute Gasteiger partial charge is 0.477 e. The van der Waals surface area contributed by atoms with Crippen molar-refractivity contribution < 1.29 is 28.2 Å². The zero-order valence-electron chi connectivity index (χ0n) is 11.6.